The maximum absolute atomic E-state index is 5.46. The molecule has 4 saturated carbocycles. The molecular formula is C17H25N3O. The minimum atomic E-state index is 0.281. The molecule has 0 radical (unpaired) electrons. The summed E-state index contributed by atoms with van der Waals surface area (Å²) in [6.45, 7) is 0. The summed E-state index contributed by atoms with van der Waals surface area (Å²) in [5.74, 6) is 5.13. The molecule has 1 atom stereocenters. The third kappa shape index (κ3) is 2.15. The molecule has 4 nitrogen and oxygen atoms in total. The Morgan fingerprint density at radius 1 is 1.05 bits per heavy atom. The van der Waals surface area contributed by atoms with E-state index in [1.807, 2.05) is 0 Å². The van der Waals surface area contributed by atoms with Gasteiger partial charge in [0.15, 0.2) is 0 Å². The SMILES string of the molecule is CNC(c1nccnc1OC)C1C2CC3CC(C2)CC1C3. The van der Waals surface area contributed by atoms with E-state index in [-0.39, 0.29) is 6.04 Å². The molecular weight excluding hydrogens is 262 g/mol. The molecule has 4 aliphatic rings. The number of nitrogens with one attached hydrogen (secondary N) is 1. The van der Waals surface area contributed by atoms with Crippen LogP contribution in [-0.2, 0) is 0 Å². The highest BCUT2D eigenvalue weighted by Crippen LogP contribution is 2.59. The first kappa shape index (κ1) is 13.5. The molecule has 21 heavy (non-hydrogen) atoms. The van der Waals surface area contributed by atoms with Gasteiger partial charge in [0.25, 0.3) is 0 Å². The molecule has 4 bridgehead atoms. The zero-order chi connectivity index (χ0) is 14.4. The van der Waals surface area contributed by atoms with Crippen LogP contribution >= 0.6 is 0 Å². The van der Waals surface area contributed by atoms with E-state index in [2.05, 4.69) is 22.3 Å². The van der Waals surface area contributed by atoms with Gasteiger partial charge in [0, 0.05) is 12.4 Å². The van der Waals surface area contributed by atoms with Crippen molar-refractivity contribution in [2.24, 2.45) is 29.6 Å². The zero-order valence-corrected chi connectivity index (χ0v) is 13.0. The third-order valence-electron chi connectivity index (χ3n) is 6.17. The monoisotopic (exact) mass is 287 g/mol. The second kappa shape index (κ2) is 5.24. The fourth-order valence-corrected chi connectivity index (χ4v) is 5.73. The van der Waals surface area contributed by atoms with Crippen LogP contribution in [0.15, 0.2) is 12.4 Å². The van der Waals surface area contributed by atoms with E-state index in [9.17, 15) is 0 Å². The number of nitrogens with zero attached hydrogens (tertiary/aromatic N) is 2. The predicted molar refractivity (Wildman–Crippen MR) is 80.9 cm³/mol. The minimum absolute atomic E-state index is 0.281. The van der Waals surface area contributed by atoms with Crippen LogP contribution in [-0.4, -0.2) is 24.1 Å². The number of rotatable bonds is 4. The Balaban J connectivity index is 1.67. The lowest BCUT2D eigenvalue weighted by Gasteiger charge is -2.56. The fourth-order valence-electron chi connectivity index (χ4n) is 5.73. The van der Waals surface area contributed by atoms with E-state index in [0.29, 0.717) is 11.8 Å². The Morgan fingerprint density at radius 3 is 2.24 bits per heavy atom. The average molecular weight is 287 g/mol. The number of methoxy groups -OCH3 is 1. The highest BCUT2D eigenvalue weighted by atomic mass is 16.5. The molecule has 114 valence electrons. The number of aromatic nitrogens is 2. The minimum Gasteiger partial charge on any atom is -0.480 e. The zero-order valence-electron chi connectivity index (χ0n) is 13.0. The second-order valence-corrected chi connectivity index (χ2v) is 7.23. The van der Waals surface area contributed by atoms with Crippen LogP contribution in [0.25, 0.3) is 0 Å². The van der Waals surface area contributed by atoms with E-state index < -0.39 is 0 Å². The van der Waals surface area contributed by atoms with E-state index in [4.69, 9.17) is 4.74 Å². The summed E-state index contributed by atoms with van der Waals surface area (Å²) in [4.78, 5) is 8.96. The summed E-state index contributed by atoms with van der Waals surface area (Å²) in [6, 6.07) is 0.281. The van der Waals surface area contributed by atoms with Crippen molar-refractivity contribution >= 4 is 0 Å². The van der Waals surface area contributed by atoms with Crippen LogP contribution in [0.3, 0.4) is 0 Å². The standard InChI is InChI=1S/C17H25N3O/c1-18-15(16-17(21-2)20-4-3-19-16)14-12-6-10-5-11(8-12)9-13(14)7-10/h3-4,10-15,18H,5-9H2,1-2H3. The van der Waals surface area contributed by atoms with E-state index in [0.717, 1.165) is 29.4 Å². The van der Waals surface area contributed by atoms with Crippen molar-refractivity contribution in [3.63, 3.8) is 0 Å². The summed E-state index contributed by atoms with van der Waals surface area (Å²) in [5, 5.41) is 3.54. The number of ether oxygens (including phenoxy) is 1. The van der Waals surface area contributed by atoms with Gasteiger partial charge in [-0.2, -0.15) is 0 Å². The Morgan fingerprint density at radius 2 is 1.67 bits per heavy atom. The van der Waals surface area contributed by atoms with Crippen molar-refractivity contribution in [1.82, 2.24) is 15.3 Å². The van der Waals surface area contributed by atoms with Crippen LogP contribution in [0.2, 0.25) is 0 Å². The molecule has 1 aromatic rings. The lowest BCUT2D eigenvalue weighted by Crippen LogP contribution is -2.49. The maximum Gasteiger partial charge on any atom is 0.237 e. The van der Waals surface area contributed by atoms with Crippen LogP contribution in [0, 0.1) is 29.6 Å². The summed E-state index contributed by atoms with van der Waals surface area (Å²) in [5.41, 5.74) is 1.000. The quantitative estimate of drug-likeness (QED) is 0.925. The molecule has 0 amide bonds. The van der Waals surface area contributed by atoms with Crippen molar-refractivity contribution < 1.29 is 4.74 Å². The molecule has 1 aromatic heterocycles. The molecule has 4 heteroatoms. The maximum atomic E-state index is 5.46. The topological polar surface area (TPSA) is 47.0 Å². The highest BCUT2D eigenvalue weighted by Gasteiger charge is 2.51. The second-order valence-electron chi connectivity index (χ2n) is 7.23. The average Bonchev–Trinajstić information content (AvgIpc) is 2.50. The number of hydrogen-bond acceptors (Lipinski definition) is 4. The Bertz CT molecular complexity index is 491. The van der Waals surface area contributed by atoms with Gasteiger partial charge in [-0.05, 0) is 68.7 Å². The van der Waals surface area contributed by atoms with Gasteiger partial charge in [0.2, 0.25) is 5.88 Å². The first-order chi connectivity index (χ1) is 10.3. The predicted octanol–water partition coefficient (Wildman–Crippen LogP) is 2.82. The third-order valence-corrected chi connectivity index (χ3v) is 6.17. The van der Waals surface area contributed by atoms with Gasteiger partial charge in [0.05, 0.1) is 13.2 Å². The lowest BCUT2D eigenvalue weighted by molar-refractivity contribution is -0.0524. The normalized spacial score (nSPS) is 38.5. The van der Waals surface area contributed by atoms with E-state index >= 15 is 0 Å². The largest absolute Gasteiger partial charge is 0.480 e. The summed E-state index contributed by atoms with van der Waals surface area (Å²) >= 11 is 0. The molecule has 0 spiro atoms. The molecule has 0 saturated heterocycles. The number of hydrogen-bond donors (Lipinski definition) is 1. The molecule has 0 aliphatic heterocycles. The van der Waals surface area contributed by atoms with Crippen LogP contribution in [0.5, 0.6) is 5.88 Å². The van der Waals surface area contributed by atoms with E-state index in [1.54, 1.807) is 19.5 Å². The molecule has 5 rings (SSSR count). The first-order valence-electron chi connectivity index (χ1n) is 8.32. The molecule has 0 aromatic carbocycles. The van der Waals surface area contributed by atoms with Gasteiger partial charge in [-0.25, -0.2) is 4.98 Å². The van der Waals surface area contributed by atoms with Crippen molar-refractivity contribution in [2.45, 2.75) is 38.1 Å². The summed E-state index contributed by atoms with van der Waals surface area (Å²) < 4.78 is 5.46. The Hall–Kier alpha value is -1.16. The van der Waals surface area contributed by atoms with Crippen LogP contribution in [0.4, 0.5) is 0 Å². The van der Waals surface area contributed by atoms with Crippen LogP contribution in [0.1, 0.15) is 43.8 Å². The Kier molecular flexibility index (Phi) is 3.37. The van der Waals surface area contributed by atoms with Gasteiger partial charge < -0.3 is 10.1 Å². The van der Waals surface area contributed by atoms with Gasteiger partial charge in [-0.15, -0.1) is 0 Å². The van der Waals surface area contributed by atoms with Crippen molar-refractivity contribution in [3.05, 3.63) is 18.1 Å². The molecule has 1 unspecified atom stereocenters. The van der Waals surface area contributed by atoms with Crippen molar-refractivity contribution in [1.29, 1.82) is 0 Å². The Labute approximate surface area is 126 Å². The van der Waals surface area contributed by atoms with Gasteiger partial charge >= 0.3 is 0 Å². The van der Waals surface area contributed by atoms with Gasteiger partial charge in [0.1, 0.15) is 5.69 Å². The molecule has 4 fully saturated rings. The molecule has 1 N–H and O–H groups in total. The van der Waals surface area contributed by atoms with Gasteiger partial charge in [-0.1, -0.05) is 0 Å². The van der Waals surface area contributed by atoms with Crippen molar-refractivity contribution in [2.75, 3.05) is 14.2 Å². The first-order valence-corrected chi connectivity index (χ1v) is 8.32. The van der Waals surface area contributed by atoms with Crippen LogP contribution < -0.4 is 10.1 Å². The lowest BCUT2D eigenvalue weighted by atomic mass is 9.50. The molecule has 4 aliphatic carbocycles. The highest BCUT2D eigenvalue weighted by molar-refractivity contribution is 5.23. The smallest absolute Gasteiger partial charge is 0.237 e. The molecule has 1 heterocycles. The fraction of sp³-hybridized carbons (Fsp3) is 0.765. The summed E-state index contributed by atoms with van der Waals surface area (Å²) in [7, 11) is 3.75. The summed E-state index contributed by atoms with van der Waals surface area (Å²) in [6.07, 6.45) is 10.7. The van der Waals surface area contributed by atoms with Gasteiger partial charge in [-0.3, -0.25) is 4.98 Å². The van der Waals surface area contributed by atoms with Crippen molar-refractivity contribution in [3.8, 4) is 5.88 Å². The van der Waals surface area contributed by atoms with E-state index in [1.165, 1.54) is 32.1 Å².